The monoisotopic (exact) mass is 359 g/mol. The summed E-state index contributed by atoms with van der Waals surface area (Å²) in [5, 5.41) is 2.88. The van der Waals surface area contributed by atoms with E-state index in [2.05, 4.69) is 15.3 Å². The number of aryl methyl sites for hydroxylation is 1. The lowest BCUT2D eigenvalue weighted by molar-refractivity contribution is -0.111. The topological polar surface area (TPSA) is 64.1 Å². The van der Waals surface area contributed by atoms with E-state index in [1.165, 1.54) is 5.56 Å². The summed E-state index contributed by atoms with van der Waals surface area (Å²) < 4.78 is 5.54. The molecule has 0 aliphatic rings. The van der Waals surface area contributed by atoms with Crippen molar-refractivity contribution in [3.8, 4) is 11.8 Å². The lowest BCUT2D eigenvalue weighted by atomic mass is 10.0. The van der Waals surface area contributed by atoms with Gasteiger partial charge < -0.3 is 10.1 Å². The van der Waals surface area contributed by atoms with Crippen LogP contribution in [0.25, 0.3) is 5.57 Å². The Balaban J connectivity index is 1.65. The molecule has 27 heavy (non-hydrogen) atoms. The van der Waals surface area contributed by atoms with Gasteiger partial charge in [-0.1, -0.05) is 36.8 Å². The number of allylic oxidation sites excluding steroid dienone is 1. The maximum Gasteiger partial charge on any atom is 0.321 e. The van der Waals surface area contributed by atoms with Crippen LogP contribution in [0.4, 0.5) is 5.69 Å². The minimum Gasteiger partial charge on any atom is -0.424 e. The van der Waals surface area contributed by atoms with Crippen molar-refractivity contribution in [3.05, 3.63) is 84.2 Å². The zero-order valence-corrected chi connectivity index (χ0v) is 15.3. The Kier molecular flexibility index (Phi) is 5.94. The van der Waals surface area contributed by atoms with Crippen LogP contribution in [0.2, 0.25) is 0 Å². The molecule has 5 heteroatoms. The third kappa shape index (κ3) is 5.25. The van der Waals surface area contributed by atoms with Gasteiger partial charge in [-0.25, -0.2) is 9.97 Å². The fourth-order valence-corrected chi connectivity index (χ4v) is 2.54. The third-order valence-corrected chi connectivity index (χ3v) is 3.98. The highest BCUT2D eigenvalue weighted by Crippen LogP contribution is 2.21. The van der Waals surface area contributed by atoms with Gasteiger partial charge in [-0.05, 0) is 54.8 Å². The second kappa shape index (κ2) is 8.76. The molecule has 1 heterocycles. The Morgan fingerprint density at radius 2 is 1.70 bits per heavy atom. The van der Waals surface area contributed by atoms with Gasteiger partial charge in [0.05, 0.1) is 0 Å². The number of aromatic nitrogens is 2. The SMILES string of the molecule is CCC(=CC(=O)Nc1ccc(Oc2ncccn2)cc1)c1ccc(C)cc1. The number of hydrogen-bond acceptors (Lipinski definition) is 4. The van der Waals surface area contributed by atoms with Crippen LogP contribution < -0.4 is 10.1 Å². The third-order valence-electron chi connectivity index (χ3n) is 3.98. The van der Waals surface area contributed by atoms with E-state index >= 15 is 0 Å². The molecule has 5 nitrogen and oxygen atoms in total. The van der Waals surface area contributed by atoms with Crippen LogP contribution in [0.15, 0.2) is 73.1 Å². The molecule has 2 aromatic carbocycles. The molecule has 1 aromatic heterocycles. The molecule has 3 aromatic rings. The molecule has 0 atom stereocenters. The van der Waals surface area contributed by atoms with Gasteiger partial charge in [0.2, 0.25) is 5.91 Å². The highest BCUT2D eigenvalue weighted by atomic mass is 16.5. The smallest absolute Gasteiger partial charge is 0.321 e. The summed E-state index contributed by atoms with van der Waals surface area (Å²) >= 11 is 0. The van der Waals surface area contributed by atoms with Gasteiger partial charge in [0.25, 0.3) is 0 Å². The average Bonchev–Trinajstić information content (AvgIpc) is 2.69. The van der Waals surface area contributed by atoms with Crippen LogP contribution in [0.1, 0.15) is 24.5 Å². The van der Waals surface area contributed by atoms with Crippen LogP contribution in [0.5, 0.6) is 11.8 Å². The van der Waals surface area contributed by atoms with Gasteiger partial charge in [-0.15, -0.1) is 0 Å². The molecule has 0 bridgehead atoms. The molecule has 0 fully saturated rings. The largest absolute Gasteiger partial charge is 0.424 e. The lowest BCUT2D eigenvalue weighted by Crippen LogP contribution is -2.08. The molecule has 0 aliphatic carbocycles. The molecule has 3 rings (SSSR count). The number of rotatable bonds is 6. The minimum atomic E-state index is -0.160. The first kappa shape index (κ1) is 18.3. The first-order chi connectivity index (χ1) is 13.1. The molecule has 0 saturated heterocycles. The first-order valence-electron chi connectivity index (χ1n) is 8.77. The van der Waals surface area contributed by atoms with E-state index in [-0.39, 0.29) is 11.9 Å². The minimum absolute atomic E-state index is 0.160. The Bertz CT molecular complexity index is 918. The zero-order chi connectivity index (χ0) is 19.1. The summed E-state index contributed by atoms with van der Waals surface area (Å²) in [4.78, 5) is 20.4. The first-order valence-corrected chi connectivity index (χ1v) is 8.77. The van der Waals surface area contributed by atoms with E-state index < -0.39 is 0 Å². The van der Waals surface area contributed by atoms with Crippen molar-refractivity contribution in [2.45, 2.75) is 20.3 Å². The highest BCUT2D eigenvalue weighted by Gasteiger charge is 2.05. The average molecular weight is 359 g/mol. The van der Waals surface area contributed by atoms with Gasteiger partial charge in [-0.2, -0.15) is 0 Å². The number of anilines is 1. The summed E-state index contributed by atoms with van der Waals surface area (Å²) in [6.45, 7) is 4.08. The highest BCUT2D eigenvalue weighted by molar-refractivity contribution is 6.04. The summed E-state index contributed by atoms with van der Waals surface area (Å²) in [5.41, 5.74) is 3.94. The second-order valence-electron chi connectivity index (χ2n) is 6.04. The van der Waals surface area contributed by atoms with Crippen molar-refractivity contribution in [3.63, 3.8) is 0 Å². The van der Waals surface area contributed by atoms with Crippen LogP contribution >= 0.6 is 0 Å². The van der Waals surface area contributed by atoms with Gasteiger partial charge in [0.1, 0.15) is 5.75 Å². The van der Waals surface area contributed by atoms with Crippen molar-refractivity contribution >= 4 is 17.2 Å². The van der Waals surface area contributed by atoms with E-state index in [1.54, 1.807) is 48.8 Å². The number of nitrogens with zero attached hydrogens (tertiary/aromatic N) is 2. The Morgan fingerprint density at radius 1 is 1.04 bits per heavy atom. The molecule has 0 radical (unpaired) electrons. The van der Waals surface area contributed by atoms with Crippen LogP contribution in [0, 0.1) is 6.92 Å². The summed E-state index contributed by atoms with van der Waals surface area (Å²) in [6, 6.07) is 17.3. The normalized spacial score (nSPS) is 11.1. The Labute approximate surface area is 158 Å². The number of benzene rings is 2. The van der Waals surface area contributed by atoms with E-state index in [0.29, 0.717) is 11.4 Å². The lowest BCUT2D eigenvalue weighted by Gasteiger charge is -2.08. The van der Waals surface area contributed by atoms with Crippen LogP contribution in [-0.2, 0) is 4.79 Å². The molecule has 0 unspecified atom stereocenters. The molecular formula is C22H21N3O2. The van der Waals surface area contributed by atoms with Crippen molar-refractivity contribution in [1.82, 2.24) is 9.97 Å². The van der Waals surface area contributed by atoms with Crippen molar-refractivity contribution in [2.24, 2.45) is 0 Å². The summed E-state index contributed by atoms with van der Waals surface area (Å²) in [5.74, 6) is 0.441. The molecule has 1 amide bonds. The Morgan fingerprint density at radius 3 is 2.33 bits per heavy atom. The predicted molar refractivity (Wildman–Crippen MR) is 107 cm³/mol. The van der Waals surface area contributed by atoms with Crippen LogP contribution in [0.3, 0.4) is 0 Å². The molecular weight excluding hydrogens is 338 g/mol. The van der Waals surface area contributed by atoms with Crippen molar-refractivity contribution in [1.29, 1.82) is 0 Å². The number of nitrogens with one attached hydrogen (secondary N) is 1. The molecule has 136 valence electrons. The molecule has 0 aliphatic heterocycles. The Hall–Kier alpha value is -3.47. The van der Waals surface area contributed by atoms with E-state index in [1.807, 2.05) is 38.1 Å². The van der Waals surface area contributed by atoms with Gasteiger partial charge >= 0.3 is 6.01 Å². The number of amides is 1. The number of carbonyl (C=O) groups excluding carboxylic acids is 1. The van der Waals surface area contributed by atoms with E-state index in [9.17, 15) is 4.79 Å². The van der Waals surface area contributed by atoms with Crippen molar-refractivity contribution in [2.75, 3.05) is 5.32 Å². The quantitative estimate of drug-likeness (QED) is 0.628. The van der Waals surface area contributed by atoms with Gasteiger partial charge in [-0.3, -0.25) is 4.79 Å². The van der Waals surface area contributed by atoms with E-state index in [0.717, 1.165) is 17.6 Å². The summed E-state index contributed by atoms with van der Waals surface area (Å²) in [7, 11) is 0. The molecule has 1 N–H and O–H groups in total. The number of ether oxygens (including phenoxy) is 1. The fraction of sp³-hybridized carbons (Fsp3) is 0.136. The van der Waals surface area contributed by atoms with Gasteiger partial charge in [0.15, 0.2) is 0 Å². The number of hydrogen-bond donors (Lipinski definition) is 1. The van der Waals surface area contributed by atoms with E-state index in [4.69, 9.17) is 4.74 Å². The fourth-order valence-electron chi connectivity index (χ4n) is 2.54. The summed E-state index contributed by atoms with van der Waals surface area (Å²) in [6.07, 6.45) is 5.65. The predicted octanol–water partition coefficient (Wildman–Crippen LogP) is 5.01. The zero-order valence-electron chi connectivity index (χ0n) is 15.3. The van der Waals surface area contributed by atoms with Gasteiger partial charge in [0, 0.05) is 24.2 Å². The molecule has 0 saturated carbocycles. The second-order valence-corrected chi connectivity index (χ2v) is 6.04. The maximum atomic E-state index is 12.4. The maximum absolute atomic E-state index is 12.4. The number of carbonyl (C=O) groups is 1. The van der Waals surface area contributed by atoms with Crippen LogP contribution in [-0.4, -0.2) is 15.9 Å². The molecule has 0 spiro atoms. The standard InChI is InChI=1S/C22H21N3O2/c1-3-17(18-7-5-16(2)6-8-18)15-21(26)25-19-9-11-20(12-10-19)27-22-23-13-4-14-24-22/h4-15H,3H2,1-2H3,(H,25,26). The van der Waals surface area contributed by atoms with Crippen molar-refractivity contribution < 1.29 is 9.53 Å².